The third-order valence-electron chi connectivity index (χ3n) is 4.81. The number of para-hydroxylation sites is 1. The first-order valence-electron chi connectivity index (χ1n) is 8.87. The largest absolute Gasteiger partial charge is 0.340 e. The molecule has 140 valence electrons. The molecule has 3 aromatic rings. The molecule has 2 heterocycles. The molecule has 0 saturated carbocycles. The van der Waals surface area contributed by atoms with Crippen LogP contribution in [0.4, 0.5) is 0 Å². The fraction of sp³-hybridized carbons (Fsp3) is 0.300. The summed E-state index contributed by atoms with van der Waals surface area (Å²) in [4.78, 5) is 21.6. The van der Waals surface area contributed by atoms with Crippen LogP contribution in [0, 0.1) is 0 Å². The van der Waals surface area contributed by atoms with E-state index in [0.29, 0.717) is 28.7 Å². The Bertz CT molecular complexity index is 914. The Hall–Kier alpha value is -1.66. The highest BCUT2D eigenvalue weighted by Crippen LogP contribution is 2.26. The Morgan fingerprint density at radius 1 is 1.00 bits per heavy atom. The number of carbonyl (C=O) groups excluding carboxylic acids is 1. The van der Waals surface area contributed by atoms with Crippen molar-refractivity contribution in [1.82, 2.24) is 14.8 Å². The maximum atomic E-state index is 12.6. The highest BCUT2D eigenvalue weighted by atomic mass is 35.5. The van der Waals surface area contributed by atoms with E-state index in [4.69, 9.17) is 28.2 Å². The summed E-state index contributed by atoms with van der Waals surface area (Å²) in [5.74, 6) is 0.0737. The number of benzene rings is 2. The molecule has 4 nitrogen and oxygen atoms in total. The van der Waals surface area contributed by atoms with Crippen LogP contribution in [0.15, 0.2) is 42.5 Å². The summed E-state index contributed by atoms with van der Waals surface area (Å²) in [6.45, 7) is 3.95. The van der Waals surface area contributed by atoms with Crippen LogP contribution in [-0.2, 0) is 17.8 Å². The first-order valence-corrected chi connectivity index (χ1v) is 10.4. The first kappa shape index (κ1) is 18.7. The predicted octanol–water partition coefficient (Wildman–Crippen LogP) is 4.49. The molecule has 1 aromatic heterocycles. The Morgan fingerprint density at radius 2 is 1.70 bits per heavy atom. The van der Waals surface area contributed by atoms with Gasteiger partial charge in [0.25, 0.3) is 0 Å². The minimum atomic E-state index is 0.0737. The number of aromatic nitrogens is 1. The Morgan fingerprint density at radius 3 is 2.41 bits per heavy atom. The van der Waals surface area contributed by atoms with Crippen LogP contribution in [0.2, 0.25) is 10.0 Å². The average Bonchev–Trinajstić information content (AvgIpc) is 3.07. The van der Waals surface area contributed by atoms with Crippen LogP contribution in [-0.4, -0.2) is 46.9 Å². The number of halogens is 2. The van der Waals surface area contributed by atoms with E-state index in [1.54, 1.807) is 29.5 Å². The lowest BCUT2D eigenvalue weighted by molar-refractivity contribution is -0.132. The van der Waals surface area contributed by atoms with Crippen LogP contribution in [0.5, 0.6) is 0 Å². The summed E-state index contributed by atoms with van der Waals surface area (Å²) in [6.07, 6.45) is 0.246. The molecule has 0 unspecified atom stereocenters. The van der Waals surface area contributed by atoms with Crippen molar-refractivity contribution in [3.63, 3.8) is 0 Å². The zero-order valence-electron chi connectivity index (χ0n) is 14.7. The SMILES string of the molecule is O=C(Cc1c(Cl)cccc1Cl)N1CCN(Cc2nc3ccccc3s2)CC1. The standard InChI is InChI=1S/C20H19Cl2N3OS/c21-15-4-3-5-16(22)14(15)12-20(26)25-10-8-24(9-11-25)13-19-23-17-6-1-2-7-18(17)27-19/h1-7H,8-13H2. The second-order valence-corrected chi connectivity index (χ2v) is 8.54. The van der Waals surface area contributed by atoms with E-state index in [2.05, 4.69) is 11.0 Å². The number of fused-ring (bicyclic) bond motifs is 1. The van der Waals surface area contributed by atoms with E-state index < -0.39 is 0 Å². The lowest BCUT2D eigenvalue weighted by Crippen LogP contribution is -2.48. The van der Waals surface area contributed by atoms with Crippen molar-refractivity contribution >= 4 is 50.7 Å². The topological polar surface area (TPSA) is 36.4 Å². The first-order chi connectivity index (χ1) is 13.1. The molecule has 0 atom stereocenters. The maximum Gasteiger partial charge on any atom is 0.227 e. The molecule has 0 bridgehead atoms. The van der Waals surface area contributed by atoms with Crippen molar-refractivity contribution in [3.8, 4) is 0 Å². The summed E-state index contributed by atoms with van der Waals surface area (Å²) in [7, 11) is 0. The smallest absolute Gasteiger partial charge is 0.227 e. The third kappa shape index (κ3) is 4.27. The van der Waals surface area contributed by atoms with Gasteiger partial charge < -0.3 is 4.90 Å². The molecule has 0 N–H and O–H groups in total. The van der Waals surface area contributed by atoms with Gasteiger partial charge in [0, 0.05) is 36.2 Å². The van der Waals surface area contributed by atoms with Gasteiger partial charge in [-0.05, 0) is 29.8 Å². The monoisotopic (exact) mass is 419 g/mol. The van der Waals surface area contributed by atoms with E-state index in [9.17, 15) is 4.79 Å². The van der Waals surface area contributed by atoms with Crippen molar-refractivity contribution in [2.45, 2.75) is 13.0 Å². The summed E-state index contributed by atoms with van der Waals surface area (Å²) < 4.78 is 1.22. The van der Waals surface area contributed by atoms with Crippen molar-refractivity contribution in [3.05, 3.63) is 63.1 Å². The molecule has 1 aliphatic heterocycles. The fourth-order valence-corrected chi connectivity index (χ4v) is 4.84. The number of amides is 1. The number of hydrogen-bond acceptors (Lipinski definition) is 4. The normalized spacial score (nSPS) is 15.4. The lowest BCUT2D eigenvalue weighted by atomic mass is 10.1. The van der Waals surface area contributed by atoms with E-state index >= 15 is 0 Å². The van der Waals surface area contributed by atoms with Crippen LogP contribution in [0.1, 0.15) is 10.6 Å². The zero-order valence-corrected chi connectivity index (χ0v) is 17.0. The molecule has 0 spiro atoms. The number of nitrogens with zero attached hydrogens (tertiary/aromatic N) is 3. The van der Waals surface area contributed by atoms with E-state index in [1.807, 2.05) is 23.1 Å². The molecular weight excluding hydrogens is 401 g/mol. The Balaban J connectivity index is 1.33. The quantitative estimate of drug-likeness (QED) is 0.624. The minimum absolute atomic E-state index is 0.0737. The molecule has 27 heavy (non-hydrogen) atoms. The molecule has 7 heteroatoms. The zero-order chi connectivity index (χ0) is 18.8. The van der Waals surface area contributed by atoms with Crippen LogP contribution in [0.25, 0.3) is 10.2 Å². The second kappa shape index (κ2) is 8.15. The van der Waals surface area contributed by atoms with Gasteiger partial charge in [-0.3, -0.25) is 9.69 Å². The Kier molecular flexibility index (Phi) is 5.64. The molecule has 1 saturated heterocycles. The van der Waals surface area contributed by atoms with E-state index in [0.717, 1.165) is 30.2 Å². The van der Waals surface area contributed by atoms with Gasteiger partial charge in [-0.1, -0.05) is 41.4 Å². The molecule has 1 fully saturated rings. The van der Waals surface area contributed by atoms with Crippen molar-refractivity contribution in [2.75, 3.05) is 26.2 Å². The summed E-state index contributed by atoms with van der Waals surface area (Å²) in [6, 6.07) is 13.5. The number of rotatable bonds is 4. The van der Waals surface area contributed by atoms with Crippen LogP contribution >= 0.6 is 34.5 Å². The van der Waals surface area contributed by atoms with E-state index in [-0.39, 0.29) is 12.3 Å². The van der Waals surface area contributed by atoms with Gasteiger partial charge in [0.05, 0.1) is 23.2 Å². The average molecular weight is 420 g/mol. The summed E-state index contributed by atoms with van der Waals surface area (Å²) in [5, 5.41) is 2.22. The molecule has 0 aliphatic carbocycles. The van der Waals surface area contributed by atoms with Gasteiger partial charge in [0.1, 0.15) is 5.01 Å². The highest BCUT2D eigenvalue weighted by Gasteiger charge is 2.23. The summed E-state index contributed by atoms with van der Waals surface area (Å²) in [5.41, 5.74) is 1.77. The van der Waals surface area contributed by atoms with Gasteiger partial charge in [0.2, 0.25) is 5.91 Å². The van der Waals surface area contributed by atoms with Crippen LogP contribution < -0.4 is 0 Å². The number of piperazine rings is 1. The van der Waals surface area contributed by atoms with Gasteiger partial charge in [0.15, 0.2) is 0 Å². The third-order valence-corrected chi connectivity index (χ3v) is 6.54. The molecule has 1 aliphatic rings. The second-order valence-electron chi connectivity index (χ2n) is 6.61. The predicted molar refractivity (Wildman–Crippen MR) is 112 cm³/mol. The van der Waals surface area contributed by atoms with Gasteiger partial charge in [-0.15, -0.1) is 11.3 Å². The fourth-order valence-electron chi connectivity index (χ4n) is 3.30. The Labute approximate surface area is 172 Å². The molecular formula is C20H19Cl2N3OS. The minimum Gasteiger partial charge on any atom is -0.340 e. The number of thiazole rings is 1. The molecule has 2 aromatic carbocycles. The van der Waals surface area contributed by atoms with Crippen molar-refractivity contribution in [1.29, 1.82) is 0 Å². The number of carbonyl (C=O) groups is 1. The van der Waals surface area contributed by atoms with Gasteiger partial charge >= 0.3 is 0 Å². The summed E-state index contributed by atoms with van der Waals surface area (Å²) >= 11 is 14.1. The highest BCUT2D eigenvalue weighted by molar-refractivity contribution is 7.18. The number of hydrogen-bond donors (Lipinski definition) is 0. The van der Waals surface area contributed by atoms with Crippen LogP contribution in [0.3, 0.4) is 0 Å². The van der Waals surface area contributed by atoms with E-state index in [1.165, 1.54) is 4.70 Å². The van der Waals surface area contributed by atoms with Crippen molar-refractivity contribution in [2.24, 2.45) is 0 Å². The van der Waals surface area contributed by atoms with Gasteiger partial charge in [-0.25, -0.2) is 4.98 Å². The van der Waals surface area contributed by atoms with Crippen molar-refractivity contribution < 1.29 is 4.79 Å². The molecule has 0 radical (unpaired) electrons. The maximum absolute atomic E-state index is 12.6. The lowest BCUT2D eigenvalue weighted by Gasteiger charge is -2.34. The van der Waals surface area contributed by atoms with Gasteiger partial charge in [-0.2, -0.15) is 0 Å². The molecule has 4 rings (SSSR count). The molecule has 1 amide bonds.